The highest BCUT2D eigenvalue weighted by atomic mass is 16.4. The molecule has 0 bridgehead atoms. The van der Waals surface area contributed by atoms with Crippen LogP contribution in [0.5, 0.6) is 0 Å². The van der Waals surface area contributed by atoms with E-state index < -0.39 is 12.0 Å². The van der Waals surface area contributed by atoms with Crippen molar-refractivity contribution in [3.05, 3.63) is 24.2 Å². The second-order valence-electron chi connectivity index (χ2n) is 4.11. The van der Waals surface area contributed by atoms with Crippen molar-refractivity contribution in [2.45, 2.75) is 19.0 Å². The summed E-state index contributed by atoms with van der Waals surface area (Å²) in [5.41, 5.74) is 0. The zero-order valence-electron chi connectivity index (χ0n) is 9.22. The minimum atomic E-state index is -0.857. The van der Waals surface area contributed by atoms with Crippen LogP contribution < -0.4 is 5.32 Å². The number of nitrogens with one attached hydrogen (secondary N) is 1. The fourth-order valence-electron chi connectivity index (χ4n) is 2.10. The summed E-state index contributed by atoms with van der Waals surface area (Å²) in [6.45, 7) is 4.30. The van der Waals surface area contributed by atoms with Gasteiger partial charge in [0.2, 0.25) is 0 Å². The molecular weight excluding hydrogens is 208 g/mol. The van der Waals surface area contributed by atoms with E-state index in [0.29, 0.717) is 11.8 Å². The number of carboxylic acids is 1. The molecule has 0 spiro atoms. The van der Waals surface area contributed by atoms with Crippen molar-refractivity contribution in [1.82, 2.24) is 10.2 Å². The van der Waals surface area contributed by atoms with Crippen LogP contribution in [0.25, 0.3) is 0 Å². The van der Waals surface area contributed by atoms with Gasteiger partial charge in [0.05, 0.1) is 6.26 Å². The van der Waals surface area contributed by atoms with E-state index in [1.807, 2.05) is 11.8 Å². The lowest BCUT2D eigenvalue weighted by atomic mass is 10.1. The monoisotopic (exact) mass is 224 g/mol. The Balaban J connectivity index is 2.16. The Morgan fingerprint density at radius 3 is 3.12 bits per heavy atom. The van der Waals surface area contributed by atoms with Gasteiger partial charge in [-0.1, -0.05) is 0 Å². The van der Waals surface area contributed by atoms with Crippen molar-refractivity contribution >= 4 is 5.97 Å². The van der Waals surface area contributed by atoms with Crippen molar-refractivity contribution in [1.29, 1.82) is 0 Å². The van der Waals surface area contributed by atoms with Crippen molar-refractivity contribution in [3.8, 4) is 0 Å². The van der Waals surface area contributed by atoms with Gasteiger partial charge in [0, 0.05) is 25.7 Å². The largest absolute Gasteiger partial charge is 0.480 e. The van der Waals surface area contributed by atoms with Crippen molar-refractivity contribution < 1.29 is 14.3 Å². The highest BCUT2D eigenvalue weighted by Crippen LogP contribution is 2.22. The van der Waals surface area contributed by atoms with E-state index >= 15 is 0 Å². The standard InChI is InChI=1S/C11H16N2O3/c1-8-7-13(5-4-12-8)10(11(14)15)9-3-2-6-16-9/h2-3,6,8,10,12H,4-5,7H2,1H3,(H,14,15). The van der Waals surface area contributed by atoms with E-state index in [2.05, 4.69) is 5.32 Å². The third-order valence-corrected chi connectivity index (χ3v) is 2.81. The summed E-state index contributed by atoms with van der Waals surface area (Å²) in [5.74, 6) is -0.356. The van der Waals surface area contributed by atoms with Crippen LogP contribution in [0.1, 0.15) is 18.7 Å². The summed E-state index contributed by atoms with van der Waals surface area (Å²) in [4.78, 5) is 13.2. The number of carbonyl (C=O) groups is 1. The van der Waals surface area contributed by atoms with Gasteiger partial charge < -0.3 is 14.8 Å². The predicted octanol–water partition coefficient (Wildman–Crippen LogP) is 0.699. The van der Waals surface area contributed by atoms with Gasteiger partial charge in [-0.15, -0.1) is 0 Å². The molecule has 88 valence electrons. The van der Waals surface area contributed by atoms with E-state index in [0.717, 1.165) is 19.6 Å². The lowest BCUT2D eigenvalue weighted by molar-refractivity contribution is -0.144. The molecule has 1 aromatic heterocycles. The first-order valence-electron chi connectivity index (χ1n) is 5.42. The molecule has 0 saturated carbocycles. The maximum atomic E-state index is 11.3. The predicted molar refractivity (Wildman–Crippen MR) is 58.1 cm³/mol. The third-order valence-electron chi connectivity index (χ3n) is 2.81. The van der Waals surface area contributed by atoms with E-state index in [9.17, 15) is 9.90 Å². The summed E-state index contributed by atoms with van der Waals surface area (Å²) < 4.78 is 5.20. The molecule has 5 nitrogen and oxygen atoms in total. The third kappa shape index (κ3) is 2.25. The number of nitrogens with zero attached hydrogens (tertiary/aromatic N) is 1. The number of aliphatic carboxylic acids is 1. The summed E-state index contributed by atoms with van der Waals surface area (Å²) in [7, 11) is 0. The van der Waals surface area contributed by atoms with Gasteiger partial charge >= 0.3 is 5.97 Å². The maximum absolute atomic E-state index is 11.3. The van der Waals surface area contributed by atoms with Crippen molar-refractivity contribution in [2.24, 2.45) is 0 Å². The molecule has 1 aromatic rings. The van der Waals surface area contributed by atoms with E-state index in [1.165, 1.54) is 6.26 Å². The molecule has 0 radical (unpaired) electrons. The zero-order valence-corrected chi connectivity index (χ0v) is 9.22. The van der Waals surface area contributed by atoms with Crippen LogP contribution in [-0.2, 0) is 4.79 Å². The first-order valence-corrected chi connectivity index (χ1v) is 5.42. The number of rotatable bonds is 3. The van der Waals surface area contributed by atoms with E-state index in [4.69, 9.17) is 4.42 Å². The fraction of sp³-hybridized carbons (Fsp3) is 0.545. The fourth-order valence-corrected chi connectivity index (χ4v) is 2.10. The molecule has 0 aromatic carbocycles. The number of furan rings is 1. The number of hydrogen-bond acceptors (Lipinski definition) is 4. The SMILES string of the molecule is CC1CN(C(C(=O)O)c2ccco2)CCN1. The Morgan fingerprint density at radius 2 is 2.56 bits per heavy atom. The van der Waals surface area contributed by atoms with Crippen LogP contribution in [-0.4, -0.2) is 41.7 Å². The average Bonchev–Trinajstić information content (AvgIpc) is 2.71. The quantitative estimate of drug-likeness (QED) is 0.791. The van der Waals surface area contributed by atoms with E-state index in [1.54, 1.807) is 12.1 Å². The molecule has 1 aliphatic heterocycles. The Kier molecular flexibility index (Phi) is 3.26. The summed E-state index contributed by atoms with van der Waals surface area (Å²) >= 11 is 0. The normalized spacial score (nSPS) is 24.2. The molecule has 1 fully saturated rings. The van der Waals surface area contributed by atoms with Crippen LogP contribution >= 0.6 is 0 Å². The van der Waals surface area contributed by atoms with Gasteiger partial charge in [-0.25, -0.2) is 0 Å². The maximum Gasteiger partial charge on any atom is 0.328 e. The van der Waals surface area contributed by atoms with Crippen molar-refractivity contribution in [3.63, 3.8) is 0 Å². The van der Waals surface area contributed by atoms with Gasteiger partial charge in [0.25, 0.3) is 0 Å². The van der Waals surface area contributed by atoms with Gasteiger partial charge in [-0.3, -0.25) is 9.69 Å². The second kappa shape index (κ2) is 4.67. The molecule has 1 aliphatic rings. The molecular formula is C11H16N2O3. The molecule has 0 amide bonds. The minimum Gasteiger partial charge on any atom is -0.480 e. The smallest absolute Gasteiger partial charge is 0.328 e. The highest BCUT2D eigenvalue weighted by Gasteiger charge is 2.32. The molecule has 2 unspecified atom stereocenters. The molecule has 0 aliphatic carbocycles. The molecule has 5 heteroatoms. The van der Waals surface area contributed by atoms with Crippen LogP contribution in [0.3, 0.4) is 0 Å². The number of piperazine rings is 1. The first-order chi connectivity index (χ1) is 7.68. The Bertz CT molecular complexity index is 350. The lowest BCUT2D eigenvalue weighted by Gasteiger charge is -2.34. The van der Waals surface area contributed by atoms with Gasteiger partial charge in [-0.05, 0) is 19.1 Å². The average molecular weight is 224 g/mol. The van der Waals surface area contributed by atoms with Gasteiger partial charge in [-0.2, -0.15) is 0 Å². The molecule has 16 heavy (non-hydrogen) atoms. The molecule has 2 heterocycles. The number of carboxylic acid groups (broad SMARTS) is 1. The Morgan fingerprint density at radius 1 is 1.75 bits per heavy atom. The zero-order chi connectivity index (χ0) is 11.5. The first kappa shape index (κ1) is 11.2. The molecule has 1 saturated heterocycles. The Hall–Kier alpha value is -1.33. The summed E-state index contributed by atoms with van der Waals surface area (Å²) in [6, 6.07) is 3.08. The van der Waals surface area contributed by atoms with Crippen LogP contribution in [0.2, 0.25) is 0 Å². The summed E-state index contributed by atoms with van der Waals surface area (Å²) in [5, 5.41) is 12.5. The van der Waals surface area contributed by atoms with Crippen LogP contribution in [0, 0.1) is 0 Å². The summed E-state index contributed by atoms with van der Waals surface area (Å²) in [6.07, 6.45) is 1.51. The molecule has 2 atom stereocenters. The van der Waals surface area contributed by atoms with Crippen LogP contribution in [0.4, 0.5) is 0 Å². The number of hydrogen-bond donors (Lipinski definition) is 2. The molecule has 2 N–H and O–H groups in total. The second-order valence-corrected chi connectivity index (χ2v) is 4.11. The van der Waals surface area contributed by atoms with Crippen molar-refractivity contribution in [2.75, 3.05) is 19.6 Å². The lowest BCUT2D eigenvalue weighted by Crippen LogP contribution is -2.51. The van der Waals surface area contributed by atoms with Gasteiger partial charge in [0.15, 0.2) is 6.04 Å². The minimum absolute atomic E-state index is 0.311. The molecule has 2 rings (SSSR count). The van der Waals surface area contributed by atoms with Gasteiger partial charge in [0.1, 0.15) is 5.76 Å². The van der Waals surface area contributed by atoms with E-state index in [-0.39, 0.29) is 0 Å². The topological polar surface area (TPSA) is 65.7 Å². The Labute approximate surface area is 94.0 Å². The highest BCUT2D eigenvalue weighted by molar-refractivity contribution is 5.74. The van der Waals surface area contributed by atoms with Crippen LogP contribution in [0.15, 0.2) is 22.8 Å².